The van der Waals surface area contributed by atoms with Gasteiger partial charge in [-0.15, -0.1) is 0 Å². The molecular weight excluding hydrogens is 404 g/mol. The van der Waals surface area contributed by atoms with Gasteiger partial charge in [-0.3, -0.25) is 9.59 Å². The number of carbonyl (C=O) groups is 2. The first kappa shape index (κ1) is 22.7. The van der Waals surface area contributed by atoms with Crippen molar-refractivity contribution in [2.45, 2.75) is 56.8 Å². The Morgan fingerprint density at radius 3 is 1.97 bits per heavy atom. The highest BCUT2D eigenvalue weighted by Gasteiger charge is 2.39. The van der Waals surface area contributed by atoms with E-state index in [9.17, 15) is 23.1 Å². The average molecular weight is 437 g/mol. The second-order valence-corrected chi connectivity index (χ2v) is 11.3. The molecule has 2 atom stereocenters. The Bertz CT molecular complexity index is 881. The van der Waals surface area contributed by atoms with Crippen LogP contribution in [0.1, 0.15) is 52.0 Å². The van der Waals surface area contributed by atoms with E-state index in [0.29, 0.717) is 25.9 Å². The molecule has 1 heterocycles. The number of hydrogen-bond acceptors (Lipinski definition) is 4. The minimum Gasteiger partial charge on any atom is -0.481 e. The number of hydrogen-bond donors (Lipinski definition) is 1. The molecule has 1 saturated carbocycles. The van der Waals surface area contributed by atoms with Gasteiger partial charge in [-0.2, -0.15) is 4.31 Å². The fraction of sp³-hybridized carbons (Fsp3) is 0.636. The molecule has 0 radical (unpaired) electrons. The number of carboxylic acids is 1. The Kier molecular flexibility index (Phi) is 6.57. The average Bonchev–Trinajstić information content (AvgIpc) is 2.72. The molecule has 1 N–H and O–H groups in total. The Balaban J connectivity index is 1.65. The lowest BCUT2D eigenvalue weighted by atomic mass is 9.78. The van der Waals surface area contributed by atoms with Gasteiger partial charge in [0.1, 0.15) is 0 Å². The van der Waals surface area contributed by atoms with Gasteiger partial charge < -0.3 is 10.0 Å². The van der Waals surface area contributed by atoms with Crippen molar-refractivity contribution in [2.24, 2.45) is 11.8 Å². The van der Waals surface area contributed by atoms with Crippen LogP contribution in [0.25, 0.3) is 0 Å². The highest BCUT2D eigenvalue weighted by molar-refractivity contribution is 7.89. The van der Waals surface area contributed by atoms with E-state index in [1.807, 2.05) is 12.1 Å². The van der Waals surface area contributed by atoms with Gasteiger partial charge in [-0.1, -0.05) is 45.7 Å². The third-order valence-corrected chi connectivity index (χ3v) is 8.22. The van der Waals surface area contributed by atoms with E-state index >= 15 is 0 Å². The standard InChI is InChI=1S/C22H32N2O5S/c1-22(2,3)16-8-10-17(11-9-16)30(28,29)24-14-12-23(13-15-24)20(25)18-6-4-5-7-19(18)21(26)27/h8-11,18-19H,4-7,12-15H2,1-3H3,(H,26,27)/t18-,19+/m1/s1. The van der Waals surface area contributed by atoms with Gasteiger partial charge in [0.25, 0.3) is 0 Å². The smallest absolute Gasteiger partial charge is 0.307 e. The molecule has 2 aliphatic rings. The van der Waals surface area contributed by atoms with Gasteiger partial charge in [-0.25, -0.2) is 8.42 Å². The summed E-state index contributed by atoms with van der Waals surface area (Å²) >= 11 is 0. The van der Waals surface area contributed by atoms with E-state index in [4.69, 9.17) is 0 Å². The molecule has 1 aromatic carbocycles. The molecule has 8 heteroatoms. The third-order valence-electron chi connectivity index (χ3n) is 6.31. The van der Waals surface area contributed by atoms with Crippen molar-refractivity contribution < 1.29 is 23.1 Å². The van der Waals surface area contributed by atoms with Crippen LogP contribution in [0.5, 0.6) is 0 Å². The maximum atomic E-state index is 13.0. The lowest BCUT2D eigenvalue weighted by Crippen LogP contribution is -2.53. The molecule has 0 spiro atoms. The quantitative estimate of drug-likeness (QED) is 0.783. The predicted molar refractivity (Wildman–Crippen MR) is 114 cm³/mol. The lowest BCUT2D eigenvalue weighted by Gasteiger charge is -2.38. The fourth-order valence-electron chi connectivity index (χ4n) is 4.38. The maximum Gasteiger partial charge on any atom is 0.307 e. The van der Waals surface area contributed by atoms with Crippen molar-refractivity contribution >= 4 is 21.9 Å². The van der Waals surface area contributed by atoms with Crippen LogP contribution in [0.15, 0.2) is 29.2 Å². The highest BCUT2D eigenvalue weighted by atomic mass is 32.2. The molecule has 1 aliphatic heterocycles. The van der Waals surface area contributed by atoms with Crippen LogP contribution >= 0.6 is 0 Å². The molecule has 0 unspecified atom stereocenters. The van der Waals surface area contributed by atoms with Crippen LogP contribution in [0.3, 0.4) is 0 Å². The topological polar surface area (TPSA) is 95.0 Å². The summed E-state index contributed by atoms with van der Waals surface area (Å²) in [5, 5.41) is 9.44. The number of carboxylic acid groups (broad SMARTS) is 1. The Morgan fingerprint density at radius 1 is 0.933 bits per heavy atom. The molecule has 0 bridgehead atoms. The van der Waals surface area contributed by atoms with Crippen LogP contribution in [0, 0.1) is 11.8 Å². The van der Waals surface area contributed by atoms with Gasteiger partial charge >= 0.3 is 5.97 Å². The monoisotopic (exact) mass is 436 g/mol. The number of benzene rings is 1. The molecule has 30 heavy (non-hydrogen) atoms. The zero-order valence-electron chi connectivity index (χ0n) is 18.0. The number of amides is 1. The summed E-state index contributed by atoms with van der Waals surface area (Å²) in [5.41, 5.74) is 1.01. The number of carbonyl (C=O) groups excluding carboxylic acids is 1. The maximum absolute atomic E-state index is 13.0. The largest absolute Gasteiger partial charge is 0.481 e. The van der Waals surface area contributed by atoms with E-state index in [1.54, 1.807) is 17.0 Å². The SMILES string of the molecule is CC(C)(C)c1ccc(S(=O)(=O)N2CCN(C(=O)[C@@H]3CCCC[C@@H]3C(=O)O)CC2)cc1. The molecule has 0 aromatic heterocycles. The summed E-state index contributed by atoms with van der Waals surface area (Å²) in [6.07, 6.45) is 2.82. The summed E-state index contributed by atoms with van der Waals surface area (Å²) in [4.78, 5) is 26.3. The van der Waals surface area contributed by atoms with Crippen LogP contribution < -0.4 is 0 Å². The minimum atomic E-state index is -3.62. The van der Waals surface area contributed by atoms with Crippen molar-refractivity contribution in [3.8, 4) is 0 Å². The van der Waals surface area contributed by atoms with Gasteiger partial charge in [-0.05, 0) is 36.0 Å². The molecule has 1 saturated heterocycles. The van der Waals surface area contributed by atoms with Crippen molar-refractivity contribution in [1.82, 2.24) is 9.21 Å². The molecule has 1 aromatic rings. The number of rotatable bonds is 4. The first-order chi connectivity index (χ1) is 14.0. The Morgan fingerprint density at radius 2 is 1.47 bits per heavy atom. The second-order valence-electron chi connectivity index (χ2n) is 9.34. The zero-order chi connectivity index (χ0) is 22.1. The molecule has 7 nitrogen and oxygen atoms in total. The fourth-order valence-corrected chi connectivity index (χ4v) is 5.80. The van der Waals surface area contributed by atoms with Crippen molar-refractivity contribution in [2.75, 3.05) is 26.2 Å². The van der Waals surface area contributed by atoms with E-state index in [2.05, 4.69) is 20.8 Å². The van der Waals surface area contributed by atoms with Crippen LogP contribution in [-0.4, -0.2) is 60.8 Å². The molecule has 2 fully saturated rings. The zero-order valence-corrected chi connectivity index (χ0v) is 18.8. The van der Waals surface area contributed by atoms with E-state index in [-0.39, 0.29) is 29.3 Å². The number of piperazine rings is 1. The van der Waals surface area contributed by atoms with Crippen LogP contribution in [0.4, 0.5) is 0 Å². The van der Waals surface area contributed by atoms with Crippen LogP contribution in [-0.2, 0) is 25.0 Å². The Labute approximate surface area is 179 Å². The normalized spacial score (nSPS) is 23.9. The minimum absolute atomic E-state index is 0.0544. The summed E-state index contributed by atoms with van der Waals surface area (Å²) in [5.74, 6) is -2.18. The van der Waals surface area contributed by atoms with Gasteiger partial charge in [0.2, 0.25) is 15.9 Å². The second kappa shape index (κ2) is 8.67. The molecule has 3 rings (SSSR count). The summed E-state index contributed by atoms with van der Waals surface area (Å²) in [6.45, 7) is 7.26. The van der Waals surface area contributed by atoms with Gasteiger partial charge in [0.05, 0.1) is 16.7 Å². The van der Waals surface area contributed by atoms with Gasteiger partial charge in [0, 0.05) is 26.2 Å². The first-order valence-corrected chi connectivity index (χ1v) is 12.1. The molecule has 1 amide bonds. The van der Waals surface area contributed by atoms with Crippen molar-refractivity contribution in [3.05, 3.63) is 29.8 Å². The predicted octanol–water partition coefficient (Wildman–Crippen LogP) is 2.71. The Hall–Kier alpha value is -1.93. The summed E-state index contributed by atoms with van der Waals surface area (Å²) in [6, 6.07) is 6.99. The lowest BCUT2D eigenvalue weighted by molar-refractivity contribution is -0.152. The summed E-state index contributed by atoms with van der Waals surface area (Å²) in [7, 11) is -3.62. The number of aliphatic carboxylic acids is 1. The highest BCUT2D eigenvalue weighted by Crippen LogP contribution is 2.32. The first-order valence-electron chi connectivity index (χ1n) is 10.6. The van der Waals surface area contributed by atoms with E-state index in [0.717, 1.165) is 18.4 Å². The number of nitrogens with zero attached hydrogens (tertiary/aromatic N) is 2. The van der Waals surface area contributed by atoms with Gasteiger partial charge in [0.15, 0.2) is 0 Å². The van der Waals surface area contributed by atoms with E-state index in [1.165, 1.54) is 4.31 Å². The third kappa shape index (κ3) is 4.70. The number of sulfonamides is 1. The van der Waals surface area contributed by atoms with Crippen molar-refractivity contribution in [3.63, 3.8) is 0 Å². The summed E-state index contributed by atoms with van der Waals surface area (Å²) < 4.78 is 27.4. The van der Waals surface area contributed by atoms with E-state index < -0.39 is 27.8 Å². The molecule has 1 aliphatic carbocycles. The van der Waals surface area contributed by atoms with Crippen molar-refractivity contribution in [1.29, 1.82) is 0 Å². The molecule has 166 valence electrons. The van der Waals surface area contributed by atoms with Crippen LogP contribution in [0.2, 0.25) is 0 Å². The molecular formula is C22H32N2O5S.